The Morgan fingerprint density at radius 2 is 2.08 bits per heavy atom. The van der Waals surface area contributed by atoms with Gasteiger partial charge in [0.05, 0.1) is 5.52 Å². The van der Waals surface area contributed by atoms with Gasteiger partial charge in [0, 0.05) is 47.7 Å². The quantitative estimate of drug-likeness (QED) is 0.708. The van der Waals surface area contributed by atoms with Gasteiger partial charge >= 0.3 is 0 Å². The van der Waals surface area contributed by atoms with Gasteiger partial charge in [-0.3, -0.25) is 4.98 Å². The van der Waals surface area contributed by atoms with Crippen molar-refractivity contribution in [2.45, 2.75) is 51.6 Å². The molecule has 0 spiro atoms. The molecule has 0 radical (unpaired) electrons. The van der Waals surface area contributed by atoms with Crippen LogP contribution in [0.25, 0.3) is 23.2 Å². The van der Waals surface area contributed by atoms with E-state index in [2.05, 4.69) is 64.4 Å². The molecule has 2 bridgehead atoms. The van der Waals surface area contributed by atoms with Gasteiger partial charge in [-0.2, -0.15) is 0 Å². The fraction of sp³-hybridized carbons (Fsp3) is 0.348. The van der Waals surface area contributed by atoms with Crippen molar-refractivity contribution < 1.29 is 0 Å². The van der Waals surface area contributed by atoms with Gasteiger partial charge in [0.2, 0.25) is 0 Å². The molecule has 3 heteroatoms. The maximum Gasteiger partial charge on any atom is 0.0529 e. The normalized spacial score (nSPS) is 22.1. The van der Waals surface area contributed by atoms with Crippen LogP contribution < -0.4 is 5.32 Å². The average molecular weight is 343 g/mol. The van der Waals surface area contributed by atoms with Crippen LogP contribution in [-0.2, 0) is 6.42 Å². The van der Waals surface area contributed by atoms with E-state index in [1.165, 1.54) is 47.0 Å². The van der Waals surface area contributed by atoms with Crippen LogP contribution in [0.5, 0.6) is 0 Å². The summed E-state index contributed by atoms with van der Waals surface area (Å²) in [5, 5.41) is 5.29. The van der Waals surface area contributed by atoms with Crippen LogP contribution in [0.2, 0.25) is 0 Å². The molecule has 3 nitrogen and oxygen atoms in total. The van der Waals surface area contributed by atoms with Gasteiger partial charge in [-0.25, -0.2) is 0 Å². The molecular formula is C23H25N3. The first-order valence-corrected chi connectivity index (χ1v) is 9.69. The number of nitrogens with one attached hydrogen (secondary N) is 1. The van der Waals surface area contributed by atoms with Crippen molar-refractivity contribution in [2.75, 3.05) is 0 Å². The minimum absolute atomic E-state index is 0.512. The lowest BCUT2D eigenvalue weighted by Gasteiger charge is -2.36. The van der Waals surface area contributed by atoms with Crippen molar-refractivity contribution in [3.8, 4) is 0 Å². The molecule has 132 valence electrons. The first-order chi connectivity index (χ1) is 12.7. The first-order valence-electron chi connectivity index (χ1n) is 9.69. The molecule has 2 atom stereocenters. The van der Waals surface area contributed by atoms with Crippen molar-refractivity contribution in [1.82, 2.24) is 14.9 Å². The van der Waals surface area contributed by atoms with Crippen LogP contribution in [-0.4, -0.2) is 15.6 Å². The summed E-state index contributed by atoms with van der Waals surface area (Å²) in [6.45, 7) is 4.22. The summed E-state index contributed by atoms with van der Waals surface area (Å²) in [5.74, 6) is 0. The third-order valence-corrected chi connectivity index (χ3v) is 5.92. The maximum atomic E-state index is 4.42. The van der Waals surface area contributed by atoms with Crippen LogP contribution >= 0.6 is 0 Å². The molecule has 0 saturated carbocycles. The minimum atomic E-state index is 0.512. The van der Waals surface area contributed by atoms with Crippen molar-refractivity contribution in [1.29, 1.82) is 0 Å². The second-order valence-electron chi connectivity index (χ2n) is 7.85. The van der Waals surface area contributed by atoms with E-state index in [-0.39, 0.29) is 0 Å². The Labute approximate surface area is 154 Å². The molecule has 0 amide bonds. The highest BCUT2D eigenvalue weighted by atomic mass is 15.0. The number of piperidine rings is 1. The molecule has 1 saturated heterocycles. The molecule has 0 aliphatic carbocycles. The Morgan fingerprint density at radius 3 is 2.92 bits per heavy atom. The number of hydrogen-bond acceptors (Lipinski definition) is 2. The molecule has 1 fully saturated rings. The number of pyridine rings is 1. The van der Waals surface area contributed by atoms with Crippen LogP contribution in [0.3, 0.4) is 0 Å². The lowest BCUT2D eigenvalue weighted by Crippen LogP contribution is -2.42. The van der Waals surface area contributed by atoms with Gasteiger partial charge in [0.25, 0.3) is 0 Å². The molecule has 2 aromatic heterocycles. The topological polar surface area (TPSA) is 29.9 Å². The SMILES string of the molecule is Cc1ccc2c(c1)c1c(n2/C=C\c2ccc(C)nc2)CC2CCCC1N2. The summed E-state index contributed by atoms with van der Waals surface area (Å²) in [7, 11) is 0. The van der Waals surface area contributed by atoms with Gasteiger partial charge in [0.1, 0.15) is 0 Å². The Bertz CT molecular complexity index is 994. The van der Waals surface area contributed by atoms with E-state index in [4.69, 9.17) is 0 Å². The molecule has 1 N–H and O–H groups in total. The maximum absolute atomic E-state index is 4.42. The molecule has 4 heterocycles. The van der Waals surface area contributed by atoms with Crippen molar-refractivity contribution in [2.24, 2.45) is 0 Å². The Hall–Kier alpha value is -2.39. The van der Waals surface area contributed by atoms with Crippen molar-refractivity contribution in [3.05, 3.63) is 64.6 Å². The largest absolute Gasteiger partial charge is 0.320 e. The standard InChI is InChI=1S/C23H25N3/c1-15-6-9-21-19(12-15)23-20-5-3-4-18(25-20)13-22(23)26(21)11-10-17-8-7-16(2)24-14-17/h6-12,14,18,20,25H,3-5,13H2,1-2H3/b11-10-. The Balaban J connectivity index is 1.67. The number of aromatic nitrogens is 2. The van der Waals surface area contributed by atoms with E-state index in [9.17, 15) is 0 Å². The van der Waals surface area contributed by atoms with Crippen LogP contribution in [0.4, 0.5) is 0 Å². The fourth-order valence-electron chi connectivity index (χ4n) is 4.65. The third-order valence-electron chi connectivity index (χ3n) is 5.92. The summed E-state index contributed by atoms with van der Waals surface area (Å²) >= 11 is 0. The van der Waals surface area contributed by atoms with E-state index in [1.807, 2.05) is 13.1 Å². The Kier molecular flexibility index (Phi) is 3.71. The molecule has 1 aromatic carbocycles. The van der Waals surface area contributed by atoms with E-state index in [0.29, 0.717) is 12.1 Å². The van der Waals surface area contributed by atoms with E-state index >= 15 is 0 Å². The lowest BCUT2D eigenvalue weighted by molar-refractivity contribution is 0.301. The summed E-state index contributed by atoms with van der Waals surface area (Å²) < 4.78 is 2.43. The van der Waals surface area contributed by atoms with Gasteiger partial charge in [-0.1, -0.05) is 17.7 Å². The zero-order chi connectivity index (χ0) is 17.7. The second kappa shape index (κ2) is 6.10. The number of rotatable bonds is 2. The van der Waals surface area contributed by atoms with Crippen LogP contribution in [0, 0.1) is 13.8 Å². The Morgan fingerprint density at radius 1 is 1.15 bits per heavy atom. The van der Waals surface area contributed by atoms with Gasteiger partial charge < -0.3 is 9.88 Å². The van der Waals surface area contributed by atoms with Gasteiger partial charge in [0.15, 0.2) is 0 Å². The summed E-state index contributed by atoms with van der Waals surface area (Å²) in [4.78, 5) is 4.42. The monoisotopic (exact) mass is 343 g/mol. The predicted molar refractivity (Wildman–Crippen MR) is 108 cm³/mol. The second-order valence-corrected chi connectivity index (χ2v) is 7.85. The number of aryl methyl sites for hydroxylation is 2. The molecule has 3 aromatic rings. The number of fused-ring (bicyclic) bond motifs is 6. The lowest BCUT2D eigenvalue weighted by atomic mass is 9.84. The first kappa shape index (κ1) is 15.8. The predicted octanol–water partition coefficient (Wildman–Crippen LogP) is 5.02. The smallest absolute Gasteiger partial charge is 0.0529 e. The third kappa shape index (κ3) is 2.58. The number of nitrogens with zero attached hydrogens (tertiary/aromatic N) is 2. The van der Waals surface area contributed by atoms with Gasteiger partial charge in [-0.15, -0.1) is 0 Å². The van der Waals surface area contributed by atoms with E-state index < -0.39 is 0 Å². The molecular weight excluding hydrogens is 318 g/mol. The van der Waals surface area contributed by atoms with Crippen molar-refractivity contribution in [3.63, 3.8) is 0 Å². The highest BCUT2D eigenvalue weighted by Gasteiger charge is 2.33. The average Bonchev–Trinajstić information content (AvgIpc) is 2.94. The summed E-state index contributed by atoms with van der Waals surface area (Å²) in [5.41, 5.74) is 7.89. The molecule has 2 unspecified atom stereocenters. The van der Waals surface area contributed by atoms with E-state index in [0.717, 1.165) is 17.7 Å². The highest BCUT2D eigenvalue weighted by Crippen LogP contribution is 2.41. The van der Waals surface area contributed by atoms with E-state index in [1.54, 1.807) is 0 Å². The molecule has 2 aliphatic rings. The number of hydrogen-bond donors (Lipinski definition) is 1. The molecule has 2 aliphatic heterocycles. The molecule has 5 rings (SSSR count). The number of benzene rings is 1. The minimum Gasteiger partial charge on any atom is -0.320 e. The fourth-order valence-corrected chi connectivity index (χ4v) is 4.65. The zero-order valence-corrected chi connectivity index (χ0v) is 15.5. The van der Waals surface area contributed by atoms with Gasteiger partial charge in [-0.05, 0) is 68.5 Å². The molecule has 26 heavy (non-hydrogen) atoms. The summed E-state index contributed by atoms with van der Waals surface area (Å²) in [6, 6.07) is 12.2. The zero-order valence-electron chi connectivity index (χ0n) is 15.5. The van der Waals surface area contributed by atoms with Crippen LogP contribution in [0.15, 0.2) is 36.5 Å². The van der Waals surface area contributed by atoms with Crippen LogP contribution in [0.1, 0.15) is 53.4 Å². The summed E-state index contributed by atoms with van der Waals surface area (Å²) in [6.07, 6.45) is 11.4. The van der Waals surface area contributed by atoms with Crippen molar-refractivity contribution >= 4 is 23.2 Å². The highest BCUT2D eigenvalue weighted by molar-refractivity contribution is 5.90.